The lowest BCUT2D eigenvalue weighted by Crippen LogP contribution is -2.55. The Morgan fingerprint density at radius 2 is 1.89 bits per heavy atom. The van der Waals surface area contributed by atoms with Gasteiger partial charge >= 0.3 is 7.60 Å². The molecule has 2 aliphatic rings. The summed E-state index contributed by atoms with van der Waals surface area (Å²) in [6.45, 7) is 2.04. The molecular weight excluding hydrogens is 393 g/mol. The molecule has 158 valence electrons. The third-order valence-electron chi connectivity index (χ3n) is 4.79. The molecule has 1 saturated heterocycles. The van der Waals surface area contributed by atoms with Crippen LogP contribution in [0.25, 0.3) is 0 Å². The van der Waals surface area contributed by atoms with Crippen LogP contribution in [0, 0.1) is 0 Å². The number of thioether (sulfide) groups is 1. The molecule has 0 aromatic rings. The van der Waals surface area contributed by atoms with Crippen LogP contribution in [0.5, 0.6) is 0 Å². The molecule has 2 aliphatic heterocycles. The number of unbranched alkanes of at least 4 members (excludes halogenated alkanes) is 5. The summed E-state index contributed by atoms with van der Waals surface area (Å²) in [7, 11) is -3.68. The monoisotopic (exact) mass is 425 g/mol. The molecule has 0 aromatic carbocycles. The molecule has 8 nitrogen and oxygen atoms in total. The number of fused-ring (bicyclic) bond motifs is 1. The quantitative estimate of drug-likeness (QED) is 0.276. The van der Waals surface area contributed by atoms with E-state index in [2.05, 4.69) is 11.9 Å². The largest absolute Gasteiger partial charge is 0.394 e. The van der Waals surface area contributed by atoms with E-state index < -0.39 is 44.0 Å². The summed E-state index contributed by atoms with van der Waals surface area (Å²) >= 11 is 1.26. The van der Waals surface area contributed by atoms with Gasteiger partial charge in [0.15, 0.2) is 0 Å². The van der Waals surface area contributed by atoms with Crippen molar-refractivity contribution in [3.63, 3.8) is 0 Å². The molecule has 0 radical (unpaired) electrons. The van der Waals surface area contributed by atoms with E-state index in [0.29, 0.717) is 5.04 Å². The first-order chi connectivity index (χ1) is 12.9. The minimum absolute atomic E-state index is 0.0455. The topological polar surface area (TPSA) is 129 Å². The third-order valence-corrected chi connectivity index (χ3v) is 7.37. The van der Waals surface area contributed by atoms with Crippen LogP contribution in [0.15, 0.2) is 4.99 Å². The highest BCUT2D eigenvalue weighted by Crippen LogP contribution is 2.45. The minimum Gasteiger partial charge on any atom is -0.394 e. The molecule has 0 aromatic heterocycles. The van der Waals surface area contributed by atoms with Crippen molar-refractivity contribution < 1.29 is 34.0 Å². The fraction of sp³-hybridized carbons (Fsp3) is 0.941. The van der Waals surface area contributed by atoms with Crippen molar-refractivity contribution in [2.24, 2.45) is 4.99 Å². The lowest BCUT2D eigenvalue weighted by atomic mass is 9.99. The van der Waals surface area contributed by atoms with Gasteiger partial charge < -0.3 is 29.5 Å². The van der Waals surface area contributed by atoms with E-state index in [1.165, 1.54) is 31.0 Å². The summed E-state index contributed by atoms with van der Waals surface area (Å²) in [6.07, 6.45) is 3.49. The zero-order valence-corrected chi connectivity index (χ0v) is 17.5. The molecule has 1 unspecified atom stereocenters. The van der Waals surface area contributed by atoms with Crippen LogP contribution in [-0.4, -0.2) is 74.4 Å². The normalized spacial score (nSPS) is 32.8. The third kappa shape index (κ3) is 7.08. The van der Waals surface area contributed by atoms with Gasteiger partial charge in [-0.05, 0) is 6.42 Å². The van der Waals surface area contributed by atoms with Gasteiger partial charge in [-0.3, -0.25) is 9.56 Å². The van der Waals surface area contributed by atoms with Crippen molar-refractivity contribution in [2.45, 2.75) is 81.7 Å². The Balaban J connectivity index is 1.70. The van der Waals surface area contributed by atoms with Crippen LogP contribution in [0.2, 0.25) is 0 Å². The summed E-state index contributed by atoms with van der Waals surface area (Å²) in [5, 5.41) is 29.8. The Hall–Kier alpha value is 0.0100. The summed E-state index contributed by atoms with van der Waals surface area (Å²) < 4.78 is 22.9. The summed E-state index contributed by atoms with van der Waals surface area (Å²) in [4.78, 5) is 14.3. The first-order valence-electron chi connectivity index (χ1n) is 9.70. The maximum atomic E-state index is 12.2. The van der Waals surface area contributed by atoms with Crippen molar-refractivity contribution in [3.05, 3.63) is 0 Å². The first kappa shape index (κ1) is 23.3. The Labute approximate surface area is 164 Å². The summed E-state index contributed by atoms with van der Waals surface area (Å²) in [5.41, 5.74) is -0.502. The zero-order valence-electron chi connectivity index (χ0n) is 15.8. The maximum absolute atomic E-state index is 12.2. The zero-order chi connectivity index (χ0) is 19.9. The number of aliphatic hydroxyl groups is 3. The van der Waals surface area contributed by atoms with Crippen molar-refractivity contribution in [3.8, 4) is 0 Å². The van der Waals surface area contributed by atoms with E-state index in [1.54, 1.807) is 0 Å². The molecule has 0 aliphatic carbocycles. The second kappa shape index (κ2) is 11.3. The highest BCUT2D eigenvalue weighted by Gasteiger charge is 2.47. The van der Waals surface area contributed by atoms with Gasteiger partial charge in [-0.2, -0.15) is 0 Å². The predicted molar refractivity (Wildman–Crippen MR) is 105 cm³/mol. The molecule has 0 spiro atoms. The number of aliphatic hydroxyl groups excluding tert-OH is 3. The Kier molecular flexibility index (Phi) is 9.71. The highest BCUT2D eigenvalue weighted by molar-refractivity contribution is 8.14. The van der Waals surface area contributed by atoms with Crippen LogP contribution in [-0.2, 0) is 13.8 Å². The SMILES string of the molecule is CCCCCCCCOP(=O)(O)CCC1=N[C@@H]2[C@@H](O)[C@H](O)[C@@H](CO)O[C@@H]2S1. The second-order valence-electron chi connectivity index (χ2n) is 7.05. The van der Waals surface area contributed by atoms with Crippen LogP contribution < -0.4 is 0 Å². The lowest BCUT2D eigenvalue weighted by Gasteiger charge is -2.37. The Morgan fingerprint density at radius 3 is 2.59 bits per heavy atom. The Bertz CT molecular complexity index is 535. The van der Waals surface area contributed by atoms with E-state index in [-0.39, 0.29) is 19.2 Å². The Morgan fingerprint density at radius 1 is 1.19 bits per heavy atom. The first-order valence-corrected chi connectivity index (χ1v) is 12.3. The number of ether oxygens (including phenoxy) is 1. The van der Waals surface area contributed by atoms with Gasteiger partial charge in [-0.1, -0.05) is 50.8 Å². The minimum atomic E-state index is -3.68. The fourth-order valence-corrected chi connectivity index (χ4v) is 5.57. The average molecular weight is 425 g/mol. The van der Waals surface area contributed by atoms with E-state index in [0.717, 1.165) is 19.3 Å². The average Bonchev–Trinajstić information content (AvgIpc) is 3.05. The van der Waals surface area contributed by atoms with Crippen LogP contribution in [0.1, 0.15) is 51.9 Å². The van der Waals surface area contributed by atoms with Gasteiger partial charge in [0.2, 0.25) is 0 Å². The maximum Gasteiger partial charge on any atom is 0.328 e. The molecule has 4 N–H and O–H groups in total. The van der Waals surface area contributed by atoms with Crippen molar-refractivity contribution in [2.75, 3.05) is 19.4 Å². The van der Waals surface area contributed by atoms with Crippen LogP contribution in [0.4, 0.5) is 0 Å². The van der Waals surface area contributed by atoms with Crippen LogP contribution >= 0.6 is 19.4 Å². The van der Waals surface area contributed by atoms with Gasteiger partial charge in [0.1, 0.15) is 29.8 Å². The van der Waals surface area contributed by atoms with E-state index in [9.17, 15) is 24.8 Å². The lowest BCUT2D eigenvalue weighted by molar-refractivity contribution is -0.164. The van der Waals surface area contributed by atoms with Gasteiger partial charge in [-0.25, -0.2) is 0 Å². The number of aliphatic imine (C=N–C) groups is 1. The summed E-state index contributed by atoms with van der Waals surface area (Å²) in [5.74, 6) is 0. The number of nitrogens with zero attached hydrogens (tertiary/aromatic N) is 1. The molecule has 2 rings (SSSR count). The van der Waals surface area contributed by atoms with Gasteiger partial charge in [0.05, 0.1) is 24.4 Å². The molecule has 27 heavy (non-hydrogen) atoms. The van der Waals surface area contributed by atoms with E-state index in [1.807, 2.05) is 0 Å². The smallest absolute Gasteiger partial charge is 0.328 e. The van der Waals surface area contributed by atoms with Crippen molar-refractivity contribution >= 4 is 24.4 Å². The molecule has 6 atom stereocenters. The second-order valence-corrected chi connectivity index (χ2v) is 10.2. The molecular formula is C17H32NO7PS. The molecule has 10 heteroatoms. The van der Waals surface area contributed by atoms with Gasteiger partial charge in [-0.15, -0.1) is 0 Å². The number of rotatable bonds is 12. The van der Waals surface area contributed by atoms with Gasteiger partial charge in [0.25, 0.3) is 0 Å². The van der Waals surface area contributed by atoms with E-state index >= 15 is 0 Å². The van der Waals surface area contributed by atoms with E-state index in [4.69, 9.17) is 9.26 Å². The molecule has 2 heterocycles. The number of hydrogen-bond donors (Lipinski definition) is 4. The molecule has 1 fully saturated rings. The molecule has 0 bridgehead atoms. The van der Waals surface area contributed by atoms with Crippen LogP contribution in [0.3, 0.4) is 0 Å². The molecule has 0 saturated carbocycles. The van der Waals surface area contributed by atoms with Gasteiger partial charge in [0, 0.05) is 6.42 Å². The highest BCUT2D eigenvalue weighted by atomic mass is 32.2. The summed E-state index contributed by atoms with van der Waals surface area (Å²) in [6, 6.07) is -0.634. The molecule has 0 amide bonds. The number of hydrogen-bond acceptors (Lipinski definition) is 8. The predicted octanol–water partition coefficient (Wildman–Crippen LogP) is 1.89. The fourth-order valence-electron chi connectivity index (χ4n) is 3.15. The van der Waals surface area contributed by atoms with Crippen molar-refractivity contribution in [1.82, 2.24) is 0 Å². The van der Waals surface area contributed by atoms with Crippen molar-refractivity contribution in [1.29, 1.82) is 0 Å². The standard InChI is InChI=1S/C17H32NO7PS/c1-2-3-4-5-6-7-9-24-26(22,23)10-8-13-18-14-16(21)15(20)12(11-19)25-17(14)27-13/h12,14-17,19-21H,2-11H2,1H3,(H,22,23)/t12-,14-,15-,16-,17-/m1/s1.